The minimum Gasteiger partial charge on any atom is -0.507 e. The monoisotopic (exact) mass is 345 g/mol. The standard InChI is InChI=1S/C17H19N3O3S/c1-20-6-5-11-13(8-20)24-17-14(11)16(22)18-15(19-17)10-4-3-9(23-2)7-12(10)21/h3-4,7,15,19,21H,5-6,8H2,1-2H3,(H,18,22)/t15-/m1/s1. The van der Waals surface area contributed by atoms with Crippen molar-refractivity contribution in [3.63, 3.8) is 0 Å². The van der Waals surface area contributed by atoms with E-state index in [4.69, 9.17) is 4.74 Å². The average molecular weight is 345 g/mol. The molecular formula is C17H19N3O3S. The van der Waals surface area contributed by atoms with E-state index in [-0.39, 0.29) is 11.7 Å². The third kappa shape index (κ3) is 2.40. The van der Waals surface area contributed by atoms with Crippen LogP contribution in [0.5, 0.6) is 11.5 Å². The van der Waals surface area contributed by atoms with E-state index in [1.54, 1.807) is 36.6 Å². The SMILES string of the molecule is COc1ccc([C@@H]2NC(=O)c3c(sc4c3CCN(C)C4)N2)c(O)c1. The molecular weight excluding hydrogens is 326 g/mol. The summed E-state index contributed by atoms with van der Waals surface area (Å²) in [7, 11) is 3.64. The number of nitrogens with zero attached hydrogens (tertiary/aromatic N) is 1. The number of carbonyl (C=O) groups is 1. The topological polar surface area (TPSA) is 73.8 Å². The van der Waals surface area contributed by atoms with Gasteiger partial charge in [-0.3, -0.25) is 4.79 Å². The van der Waals surface area contributed by atoms with E-state index in [9.17, 15) is 9.90 Å². The minimum atomic E-state index is -0.450. The summed E-state index contributed by atoms with van der Waals surface area (Å²) in [5.41, 5.74) is 2.56. The Hall–Kier alpha value is -2.25. The van der Waals surface area contributed by atoms with Gasteiger partial charge in [-0.1, -0.05) is 0 Å². The number of methoxy groups -OCH3 is 1. The number of thiophene rings is 1. The molecule has 1 amide bonds. The van der Waals surface area contributed by atoms with E-state index in [1.807, 2.05) is 0 Å². The van der Waals surface area contributed by atoms with Crippen LogP contribution in [0.25, 0.3) is 0 Å². The highest BCUT2D eigenvalue weighted by atomic mass is 32.1. The van der Waals surface area contributed by atoms with Crippen LogP contribution in [0.3, 0.4) is 0 Å². The van der Waals surface area contributed by atoms with E-state index < -0.39 is 6.17 Å². The summed E-state index contributed by atoms with van der Waals surface area (Å²) in [4.78, 5) is 16.2. The van der Waals surface area contributed by atoms with E-state index >= 15 is 0 Å². The zero-order valence-electron chi connectivity index (χ0n) is 13.5. The van der Waals surface area contributed by atoms with Crippen molar-refractivity contribution < 1.29 is 14.6 Å². The van der Waals surface area contributed by atoms with E-state index in [2.05, 4.69) is 22.6 Å². The maximum atomic E-state index is 12.7. The summed E-state index contributed by atoms with van der Waals surface area (Å²) in [6.07, 6.45) is 0.444. The molecule has 0 unspecified atom stereocenters. The van der Waals surface area contributed by atoms with Crippen molar-refractivity contribution in [2.75, 3.05) is 26.0 Å². The lowest BCUT2D eigenvalue weighted by molar-refractivity contribution is 0.0934. The van der Waals surface area contributed by atoms with E-state index in [0.29, 0.717) is 11.3 Å². The minimum absolute atomic E-state index is 0.0778. The van der Waals surface area contributed by atoms with Crippen LogP contribution in [0.4, 0.5) is 5.00 Å². The number of fused-ring (bicyclic) bond motifs is 3. The summed E-state index contributed by atoms with van der Waals surface area (Å²) in [6.45, 7) is 1.84. The van der Waals surface area contributed by atoms with Crippen molar-refractivity contribution in [3.8, 4) is 11.5 Å². The van der Waals surface area contributed by atoms with Crippen molar-refractivity contribution in [2.45, 2.75) is 19.1 Å². The lowest BCUT2D eigenvalue weighted by Gasteiger charge is -2.27. The maximum Gasteiger partial charge on any atom is 0.256 e. The lowest BCUT2D eigenvalue weighted by atomic mass is 10.0. The molecule has 0 radical (unpaired) electrons. The van der Waals surface area contributed by atoms with Gasteiger partial charge in [0.05, 0.1) is 12.7 Å². The van der Waals surface area contributed by atoms with Crippen LogP contribution in [0.15, 0.2) is 18.2 Å². The Morgan fingerprint density at radius 3 is 2.96 bits per heavy atom. The first-order valence-corrected chi connectivity index (χ1v) is 8.66. The number of phenols is 1. The highest BCUT2D eigenvalue weighted by molar-refractivity contribution is 7.16. The van der Waals surface area contributed by atoms with Gasteiger partial charge in [0, 0.05) is 29.6 Å². The third-order valence-electron chi connectivity index (χ3n) is 4.57. The number of amides is 1. The van der Waals surface area contributed by atoms with Gasteiger partial charge in [-0.05, 0) is 31.2 Å². The van der Waals surface area contributed by atoms with Gasteiger partial charge in [-0.15, -0.1) is 11.3 Å². The number of aromatic hydroxyl groups is 1. The number of rotatable bonds is 2. The lowest BCUT2D eigenvalue weighted by Crippen LogP contribution is -2.38. The van der Waals surface area contributed by atoms with Gasteiger partial charge >= 0.3 is 0 Å². The van der Waals surface area contributed by atoms with Crippen LogP contribution in [0.1, 0.15) is 32.5 Å². The summed E-state index contributed by atoms with van der Waals surface area (Å²) < 4.78 is 5.11. The van der Waals surface area contributed by atoms with Gasteiger partial charge in [-0.2, -0.15) is 0 Å². The fourth-order valence-corrected chi connectivity index (χ4v) is 4.65. The summed E-state index contributed by atoms with van der Waals surface area (Å²) in [5.74, 6) is 0.594. The summed E-state index contributed by atoms with van der Waals surface area (Å²) >= 11 is 1.64. The molecule has 1 atom stereocenters. The number of anilines is 1. The van der Waals surface area contributed by atoms with Crippen LogP contribution in [-0.2, 0) is 13.0 Å². The fourth-order valence-electron chi connectivity index (χ4n) is 3.29. The first-order chi connectivity index (χ1) is 11.6. The zero-order chi connectivity index (χ0) is 16.8. The number of likely N-dealkylation sites (N-methyl/N-ethyl adjacent to an activating group) is 1. The van der Waals surface area contributed by atoms with Crippen LogP contribution in [0.2, 0.25) is 0 Å². The number of phenolic OH excluding ortho intramolecular Hbond substituents is 1. The Balaban J connectivity index is 1.68. The fraction of sp³-hybridized carbons (Fsp3) is 0.353. The van der Waals surface area contributed by atoms with Crippen LogP contribution < -0.4 is 15.4 Å². The number of ether oxygens (including phenoxy) is 1. The number of benzene rings is 1. The van der Waals surface area contributed by atoms with Gasteiger partial charge in [-0.25, -0.2) is 0 Å². The molecule has 3 N–H and O–H groups in total. The van der Waals surface area contributed by atoms with Gasteiger partial charge in [0.15, 0.2) is 0 Å². The van der Waals surface area contributed by atoms with Crippen molar-refractivity contribution in [1.29, 1.82) is 0 Å². The molecule has 4 rings (SSSR count). The maximum absolute atomic E-state index is 12.7. The second-order valence-electron chi connectivity index (χ2n) is 6.17. The van der Waals surface area contributed by atoms with E-state index in [0.717, 1.165) is 35.6 Å². The van der Waals surface area contributed by atoms with Crippen LogP contribution in [0, 0.1) is 0 Å². The smallest absolute Gasteiger partial charge is 0.256 e. The summed E-state index contributed by atoms with van der Waals surface area (Å²) in [5, 5.41) is 17.4. The molecule has 126 valence electrons. The Morgan fingerprint density at radius 1 is 1.38 bits per heavy atom. The molecule has 0 spiro atoms. The molecule has 6 nitrogen and oxygen atoms in total. The van der Waals surface area contributed by atoms with Crippen molar-refractivity contribution >= 4 is 22.2 Å². The number of hydrogen-bond acceptors (Lipinski definition) is 6. The molecule has 2 aliphatic rings. The van der Waals surface area contributed by atoms with Gasteiger partial charge in [0.25, 0.3) is 5.91 Å². The third-order valence-corrected chi connectivity index (χ3v) is 5.72. The first-order valence-electron chi connectivity index (χ1n) is 7.84. The average Bonchev–Trinajstić information content (AvgIpc) is 2.92. The van der Waals surface area contributed by atoms with Crippen molar-refractivity contribution in [1.82, 2.24) is 10.2 Å². The number of carbonyl (C=O) groups excluding carboxylic acids is 1. The molecule has 24 heavy (non-hydrogen) atoms. The van der Waals surface area contributed by atoms with Crippen molar-refractivity contribution in [3.05, 3.63) is 39.8 Å². The molecule has 3 heterocycles. The molecule has 0 aliphatic carbocycles. The summed E-state index contributed by atoms with van der Waals surface area (Å²) in [6, 6.07) is 5.08. The number of nitrogens with one attached hydrogen (secondary N) is 2. The van der Waals surface area contributed by atoms with Gasteiger partial charge in [0.1, 0.15) is 22.7 Å². The molecule has 1 aromatic heterocycles. The first kappa shape index (κ1) is 15.3. The Labute approximate surface area is 144 Å². The second kappa shape index (κ2) is 5.68. The van der Waals surface area contributed by atoms with Crippen LogP contribution in [-0.4, -0.2) is 36.6 Å². The largest absolute Gasteiger partial charge is 0.507 e. The Bertz CT molecular complexity index is 818. The zero-order valence-corrected chi connectivity index (χ0v) is 14.4. The molecule has 1 aromatic carbocycles. The highest BCUT2D eigenvalue weighted by Crippen LogP contribution is 2.41. The van der Waals surface area contributed by atoms with Crippen LogP contribution >= 0.6 is 11.3 Å². The molecule has 0 bridgehead atoms. The highest BCUT2D eigenvalue weighted by Gasteiger charge is 2.33. The predicted molar refractivity (Wildman–Crippen MR) is 92.8 cm³/mol. The Kier molecular flexibility index (Phi) is 3.62. The molecule has 0 fully saturated rings. The molecule has 7 heteroatoms. The molecule has 0 saturated heterocycles. The van der Waals surface area contributed by atoms with Gasteiger partial charge in [0.2, 0.25) is 0 Å². The quantitative estimate of drug-likeness (QED) is 0.779. The molecule has 0 saturated carbocycles. The van der Waals surface area contributed by atoms with E-state index in [1.165, 1.54) is 4.88 Å². The van der Waals surface area contributed by atoms with Gasteiger partial charge < -0.3 is 25.4 Å². The molecule has 2 aliphatic heterocycles. The number of hydrogen-bond donors (Lipinski definition) is 3. The second-order valence-corrected chi connectivity index (χ2v) is 7.28. The molecule has 2 aromatic rings. The normalized spacial score (nSPS) is 19.9. The van der Waals surface area contributed by atoms with Crippen molar-refractivity contribution in [2.24, 2.45) is 0 Å². The predicted octanol–water partition coefficient (Wildman–Crippen LogP) is 2.30. The Morgan fingerprint density at radius 2 is 2.21 bits per heavy atom.